The normalized spacial score (nSPS) is 9.80. The van der Waals surface area contributed by atoms with E-state index in [1.807, 2.05) is 5.92 Å². The summed E-state index contributed by atoms with van der Waals surface area (Å²) in [6, 6.07) is 5.80. The molecule has 0 atom stereocenters. The van der Waals surface area contributed by atoms with E-state index >= 15 is 0 Å². The lowest BCUT2D eigenvalue weighted by Gasteiger charge is -1.92. The predicted octanol–water partition coefficient (Wildman–Crippen LogP) is 1.81. The third-order valence-corrected chi connectivity index (χ3v) is 1.67. The Labute approximate surface area is 86.4 Å². The van der Waals surface area contributed by atoms with Crippen molar-refractivity contribution in [3.05, 3.63) is 46.0 Å². The summed E-state index contributed by atoms with van der Waals surface area (Å²) in [6.07, 6.45) is 7.60. The predicted molar refractivity (Wildman–Crippen MR) is 56.0 cm³/mol. The molecule has 0 unspecified atom stereocenters. The summed E-state index contributed by atoms with van der Waals surface area (Å²) in [4.78, 5) is 20.6. The first-order valence-electron chi connectivity index (χ1n) is 4.06. The van der Waals surface area contributed by atoms with Crippen molar-refractivity contribution >= 4 is 17.5 Å². The van der Waals surface area contributed by atoms with Gasteiger partial charge in [0.1, 0.15) is 0 Å². The molecule has 1 aromatic carbocycles. The van der Waals surface area contributed by atoms with Crippen molar-refractivity contribution in [3.8, 4) is 12.3 Å². The van der Waals surface area contributed by atoms with Gasteiger partial charge in [0.05, 0.1) is 4.92 Å². The highest BCUT2D eigenvalue weighted by molar-refractivity contribution is 6.06. The van der Waals surface area contributed by atoms with Gasteiger partial charge in [-0.05, 0) is 29.7 Å². The van der Waals surface area contributed by atoms with E-state index in [2.05, 4.69) is 0 Å². The van der Waals surface area contributed by atoms with Gasteiger partial charge < -0.3 is 0 Å². The highest BCUT2D eigenvalue weighted by atomic mass is 16.6. The lowest BCUT2D eigenvalue weighted by Crippen LogP contribution is -1.87. The molecule has 1 rings (SSSR count). The molecule has 74 valence electrons. The number of non-ortho nitro benzene ring substituents is 1. The molecule has 0 aliphatic carbocycles. The summed E-state index contributed by atoms with van der Waals surface area (Å²) in [5.74, 6) is 1.49. The van der Waals surface area contributed by atoms with Crippen LogP contribution in [-0.2, 0) is 4.79 Å². The van der Waals surface area contributed by atoms with Crippen LogP contribution in [0, 0.1) is 22.5 Å². The smallest absolute Gasteiger partial charge is 0.269 e. The number of allylic oxidation sites excluding steroid dienone is 1. The van der Waals surface area contributed by atoms with Gasteiger partial charge in [-0.1, -0.05) is 6.08 Å². The quantitative estimate of drug-likeness (QED) is 0.246. The number of carbonyl (C=O) groups excluding carboxylic acids is 1. The molecule has 0 radical (unpaired) electrons. The number of nitro groups is 1. The third-order valence-electron chi connectivity index (χ3n) is 1.67. The molecule has 0 N–H and O–H groups in total. The van der Waals surface area contributed by atoms with E-state index in [9.17, 15) is 14.9 Å². The van der Waals surface area contributed by atoms with Crippen molar-refractivity contribution in [2.45, 2.75) is 0 Å². The molecule has 0 aromatic heterocycles. The SMILES string of the molecule is C#CC(=O)/C=C/c1ccc([N+](=O)[O-])cc1. The average molecular weight is 201 g/mol. The van der Waals surface area contributed by atoms with Crippen LogP contribution >= 0.6 is 0 Å². The Balaban J connectivity index is 2.82. The van der Waals surface area contributed by atoms with Crippen molar-refractivity contribution in [2.75, 3.05) is 0 Å². The Morgan fingerprint density at radius 1 is 1.40 bits per heavy atom. The lowest BCUT2D eigenvalue weighted by molar-refractivity contribution is -0.384. The Kier molecular flexibility index (Phi) is 3.36. The van der Waals surface area contributed by atoms with Crippen LogP contribution in [0.2, 0.25) is 0 Å². The minimum atomic E-state index is -0.486. The number of benzene rings is 1. The van der Waals surface area contributed by atoms with Gasteiger partial charge in [-0.3, -0.25) is 14.9 Å². The standard InChI is InChI=1S/C11H7NO3/c1-2-11(13)8-5-9-3-6-10(7-4-9)12(14)15/h1,3-8H/b8-5+. The Morgan fingerprint density at radius 3 is 2.47 bits per heavy atom. The zero-order valence-electron chi connectivity index (χ0n) is 7.71. The van der Waals surface area contributed by atoms with Gasteiger partial charge in [0.15, 0.2) is 0 Å². The third kappa shape index (κ3) is 3.08. The topological polar surface area (TPSA) is 60.2 Å². The summed E-state index contributed by atoms with van der Waals surface area (Å²) < 4.78 is 0. The second kappa shape index (κ2) is 4.72. The molecule has 0 amide bonds. The summed E-state index contributed by atoms with van der Waals surface area (Å²) in [7, 11) is 0. The van der Waals surface area contributed by atoms with Crippen molar-refractivity contribution in [1.82, 2.24) is 0 Å². The number of terminal acetylenes is 1. The molecule has 4 heteroatoms. The number of rotatable bonds is 3. The zero-order valence-corrected chi connectivity index (χ0v) is 7.71. The highest BCUT2D eigenvalue weighted by Crippen LogP contribution is 2.12. The minimum absolute atomic E-state index is 0.00965. The van der Waals surface area contributed by atoms with Crippen molar-refractivity contribution in [2.24, 2.45) is 0 Å². The second-order valence-corrected chi connectivity index (χ2v) is 2.69. The number of hydrogen-bond acceptors (Lipinski definition) is 3. The molecule has 0 heterocycles. The van der Waals surface area contributed by atoms with Crippen LogP contribution in [0.25, 0.3) is 6.08 Å². The molecule has 4 nitrogen and oxygen atoms in total. The van der Waals surface area contributed by atoms with E-state index in [0.717, 1.165) is 0 Å². The first-order valence-corrected chi connectivity index (χ1v) is 4.06. The van der Waals surface area contributed by atoms with Gasteiger partial charge in [-0.2, -0.15) is 0 Å². The molecule has 0 fully saturated rings. The fourth-order valence-electron chi connectivity index (χ4n) is 0.927. The summed E-state index contributed by atoms with van der Waals surface area (Å²) in [5, 5.41) is 10.3. The van der Waals surface area contributed by atoms with E-state index in [0.29, 0.717) is 5.56 Å². The molecule has 1 aromatic rings. The average Bonchev–Trinajstić information content (AvgIpc) is 2.26. The number of nitro benzene ring substituents is 1. The van der Waals surface area contributed by atoms with Gasteiger partial charge in [-0.25, -0.2) is 0 Å². The largest absolute Gasteiger partial charge is 0.280 e. The zero-order chi connectivity index (χ0) is 11.3. The van der Waals surface area contributed by atoms with Crippen LogP contribution in [0.1, 0.15) is 5.56 Å². The van der Waals surface area contributed by atoms with E-state index < -0.39 is 10.7 Å². The van der Waals surface area contributed by atoms with Gasteiger partial charge in [0.2, 0.25) is 5.78 Å². The van der Waals surface area contributed by atoms with Gasteiger partial charge in [0.25, 0.3) is 5.69 Å². The van der Waals surface area contributed by atoms with E-state index in [-0.39, 0.29) is 5.69 Å². The van der Waals surface area contributed by atoms with Crippen molar-refractivity contribution in [1.29, 1.82) is 0 Å². The molecular formula is C11H7NO3. The molecule has 0 saturated carbocycles. The van der Waals surface area contributed by atoms with E-state index in [1.165, 1.54) is 24.3 Å². The first-order chi connectivity index (χ1) is 7.13. The van der Waals surface area contributed by atoms with Crippen molar-refractivity contribution < 1.29 is 9.72 Å². The molecule has 0 aliphatic rings. The van der Waals surface area contributed by atoms with Crippen LogP contribution in [0.15, 0.2) is 30.3 Å². The minimum Gasteiger partial charge on any atom is -0.280 e. The molecule has 0 spiro atoms. The van der Waals surface area contributed by atoms with Crippen LogP contribution in [0.4, 0.5) is 5.69 Å². The molecule has 15 heavy (non-hydrogen) atoms. The van der Waals surface area contributed by atoms with Crippen LogP contribution in [0.5, 0.6) is 0 Å². The fraction of sp³-hybridized carbons (Fsp3) is 0. The van der Waals surface area contributed by atoms with Crippen LogP contribution in [-0.4, -0.2) is 10.7 Å². The van der Waals surface area contributed by atoms with Gasteiger partial charge in [0, 0.05) is 12.1 Å². The Morgan fingerprint density at radius 2 is 2.00 bits per heavy atom. The number of carbonyl (C=O) groups is 1. The summed E-state index contributed by atoms with van der Waals surface area (Å²) >= 11 is 0. The van der Waals surface area contributed by atoms with Crippen LogP contribution < -0.4 is 0 Å². The first kappa shape index (κ1) is 10.7. The fourth-order valence-corrected chi connectivity index (χ4v) is 0.927. The van der Waals surface area contributed by atoms with Crippen molar-refractivity contribution in [3.63, 3.8) is 0 Å². The Hall–Kier alpha value is -2.41. The summed E-state index contributed by atoms with van der Waals surface area (Å²) in [5.41, 5.74) is 0.694. The maximum Gasteiger partial charge on any atom is 0.269 e. The van der Waals surface area contributed by atoms with E-state index in [4.69, 9.17) is 6.42 Å². The number of ketones is 1. The number of nitrogens with zero attached hydrogens (tertiary/aromatic N) is 1. The van der Waals surface area contributed by atoms with Gasteiger partial charge >= 0.3 is 0 Å². The summed E-state index contributed by atoms with van der Waals surface area (Å²) in [6.45, 7) is 0. The Bertz CT molecular complexity index is 452. The molecule has 0 aliphatic heterocycles. The maximum absolute atomic E-state index is 10.7. The molecular weight excluding hydrogens is 194 g/mol. The van der Waals surface area contributed by atoms with Gasteiger partial charge in [-0.15, -0.1) is 6.42 Å². The van der Waals surface area contributed by atoms with E-state index in [1.54, 1.807) is 12.1 Å². The molecule has 0 saturated heterocycles. The molecule has 0 bridgehead atoms. The number of hydrogen-bond donors (Lipinski definition) is 0. The van der Waals surface area contributed by atoms with Crippen LogP contribution in [0.3, 0.4) is 0 Å². The monoisotopic (exact) mass is 201 g/mol. The second-order valence-electron chi connectivity index (χ2n) is 2.69. The lowest BCUT2D eigenvalue weighted by atomic mass is 10.2. The highest BCUT2D eigenvalue weighted by Gasteiger charge is 2.02. The maximum atomic E-state index is 10.7.